The third-order valence-corrected chi connectivity index (χ3v) is 6.36. The molecule has 2 aromatic carbocycles. The molecular formula is C24H22ClN3O2S. The molecule has 1 saturated heterocycles. The summed E-state index contributed by atoms with van der Waals surface area (Å²) < 4.78 is 0. The Morgan fingerprint density at radius 3 is 2.45 bits per heavy atom. The lowest BCUT2D eigenvalue weighted by molar-refractivity contribution is -0.117. The summed E-state index contributed by atoms with van der Waals surface area (Å²) >= 11 is 7.21. The van der Waals surface area contributed by atoms with E-state index in [1.807, 2.05) is 42.5 Å². The van der Waals surface area contributed by atoms with E-state index in [0.29, 0.717) is 22.2 Å². The van der Waals surface area contributed by atoms with Gasteiger partial charge < -0.3 is 5.32 Å². The highest BCUT2D eigenvalue weighted by Crippen LogP contribution is 2.42. The van der Waals surface area contributed by atoms with E-state index in [9.17, 15) is 14.9 Å². The molecule has 7 heteroatoms. The molecule has 5 nitrogen and oxygen atoms in total. The number of nitrogens with zero attached hydrogens (tertiary/aromatic N) is 2. The number of thioether (sulfide) groups is 1. The second-order valence-corrected chi connectivity index (χ2v) is 8.55. The summed E-state index contributed by atoms with van der Waals surface area (Å²) in [5.74, 6) is -0.691. The third-order valence-electron chi connectivity index (χ3n) is 4.85. The fourth-order valence-electron chi connectivity index (χ4n) is 3.19. The lowest BCUT2D eigenvalue weighted by Gasteiger charge is -2.19. The van der Waals surface area contributed by atoms with Crippen molar-refractivity contribution in [2.24, 2.45) is 0 Å². The van der Waals surface area contributed by atoms with Crippen molar-refractivity contribution < 1.29 is 9.59 Å². The van der Waals surface area contributed by atoms with Crippen LogP contribution in [-0.2, 0) is 22.4 Å². The Hall–Kier alpha value is -3.01. The van der Waals surface area contributed by atoms with E-state index >= 15 is 0 Å². The van der Waals surface area contributed by atoms with Gasteiger partial charge >= 0.3 is 0 Å². The van der Waals surface area contributed by atoms with Gasteiger partial charge in [0.2, 0.25) is 5.91 Å². The molecule has 0 bridgehead atoms. The summed E-state index contributed by atoms with van der Waals surface area (Å²) in [6.45, 7) is 5.86. The smallest absolute Gasteiger partial charge is 0.264 e. The summed E-state index contributed by atoms with van der Waals surface area (Å²) in [7, 11) is 0. The summed E-state index contributed by atoms with van der Waals surface area (Å²) in [6.07, 6.45) is 2.87. The van der Waals surface area contributed by atoms with E-state index in [1.165, 1.54) is 22.7 Å². The standard InChI is InChI=1S/C24H22ClN3O2S/c1-3-13-27-22(29)20(15-26)24-28(19-11-7-16(4-2)8-12-19)23(30)21(31-24)14-17-5-9-18(25)10-6-17/h3,5-12,21H,1,4,13-14H2,2H3,(H,27,29)/b24-20-. The summed E-state index contributed by atoms with van der Waals surface area (Å²) in [6, 6.07) is 16.9. The molecule has 0 radical (unpaired) electrons. The first-order chi connectivity index (χ1) is 15.0. The van der Waals surface area contributed by atoms with E-state index < -0.39 is 11.2 Å². The number of nitriles is 1. The molecule has 0 aromatic heterocycles. The normalized spacial score (nSPS) is 17.3. The summed E-state index contributed by atoms with van der Waals surface area (Å²) in [4.78, 5) is 27.5. The second kappa shape index (κ2) is 10.3. The molecule has 0 spiro atoms. The van der Waals surface area contributed by atoms with Crippen molar-refractivity contribution in [3.8, 4) is 6.07 Å². The van der Waals surface area contributed by atoms with E-state index in [1.54, 1.807) is 12.1 Å². The molecule has 158 valence electrons. The predicted octanol–water partition coefficient (Wildman–Crippen LogP) is 4.63. The first kappa shape index (κ1) is 22.7. The van der Waals surface area contributed by atoms with Crippen molar-refractivity contribution in [1.82, 2.24) is 5.32 Å². The number of hydrogen-bond acceptors (Lipinski definition) is 4. The van der Waals surface area contributed by atoms with Crippen molar-refractivity contribution in [3.05, 3.63) is 87.9 Å². The zero-order valence-electron chi connectivity index (χ0n) is 17.1. The van der Waals surface area contributed by atoms with Gasteiger partial charge in [-0.2, -0.15) is 5.26 Å². The third kappa shape index (κ3) is 5.19. The number of halogens is 1. The van der Waals surface area contributed by atoms with E-state index in [4.69, 9.17) is 11.6 Å². The molecule has 1 unspecified atom stereocenters. The highest BCUT2D eigenvalue weighted by molar-refractivity contribution is 8.05. The fraction of sp³-hybridized carbons (Fsp3) is 0.208. The van der Waals surface area contributed by atoms with E-state index in [2.05, 4.69) is 18.8 Å². The number of anilines is 1. The first-order valence-electron chi connectivity index (χ1n) is 9.86. The van der Waals surface area contributed by atoms with Crippen molar-refractivity contribution in [3.63, 3.8) is 0 Å². The number of nitrogens with one attached hydrogen (secondary N) is 1. The van der Waals surface area contributed by atoms with Crippen molar-refractivity contribution in [2.75, 3.05) is 11.4 Å². The highest BCUT2D eigenvalue weighted by atomic mass is 35.5. The zero-order chi connectivity index (χ0) is 22.4. The number of amides is 2. The molecular weight excluding hydrogens is 430 g/mol. The van der Waals surface area contributed by atoms with Gasteiger partial charge in [0.15, 0.2) is 0 Å². The Bertz CT molecular complexity index is 1060. The van der Waals surface area contributed by atoms with Gasteiger partial charge in [-0.3, -0.25) is 14.5 Å². The van der Waals surface area contributed by atoms with Gasteiger partial charge in [0.05, 0.1) is 5.25 Å². The summed E-state index contributed by atoms with van der Waals surface area (Å²) in [5, 5.41) is 12.9. The van der Waals surface area contributed by atoms with E-state index in [-0.39, 0.29) is 18.0 Å². The van der Waals surface area contributed by atoms with Crippen LogP contribution in [0.15, 0.2) is 71.8 Å². The van der Waals surface area contributed by atoms with Gasteiger partial charge in [-0.05, 0) is 48.2 Å². The number of benzene rings is 2. The van der Waals surface area contributed by atoms with Gasteiger partial charge in [0.25, 0.3) is 5.91 Å². The lowest BCUT2D eigenvalue weighted by atomic mass is 10.1. The average Bonchev–Trinajstić information content (AvgIpc) is 3.10. The number of rotatable bonds is 7. The zero-order valence-corrected chi connectivity index (χ0v) is 18.7. The quantitative estimate of drug-likeness (QED) is 0.378. The molecule has 2 aromatic rings. The summed E-state index contributed by atoms with van der Waals surface area (Å²) in [5.41, 5.74) is 2.63. The maximum absolute atomic E-state index is 13.4. The topological polar surface area (TPSA) is 73.2 Å². The van der Waals surface area contributed by atoms with Crippen LogP contribution in [0.5, 0.6) is 0 Å². The molecule has 1 aliphatic heterocycles. The van der Waals surface area contributed by atoms with Crippen LogP contribution >= 0.6 is 23.4 Å². The minimum absolute atomic E-state index is 0.0848. The molecule has 1 aliphatic rings. The van der Waals surface area contributed by atoms with Crippen molar-refractivity contribution >= 4 is 40.9 Å². The molecule has 2 amide bonds. The van der Waals surface area contributed by atoms with Crippen LogP contribution in [0.25, 0.3) is 0 Å². The predicted molar refractivity (Wildman–Crippen MR) is 126 cm³/mol. The monoisotopic (exact) mass is 451 g/mol. The number of carbonyl (C=O) groups is 2. The molecule has 1 atom stereocenters. The van der Waals surface area contributed by atoms with Gasteiger partial charge in [0, 0.05) is 17.3 Å². The molecule has 1 heterocycles. The Balaban J connectivity index is 2.01. The van der Waals surface area contributed by atoms with Crippen LogP contribution in [0, 0.1) is 11.3 Å². The van der Waals surface area contributed by atoms with E-state index in [0.717, 1.165) is 17.5 Å². The Labute approximate surface area is 191 Å². The molecule has 0 saturated carbocycles. The Morgan fingerprint density at radius 1 is 1.23 bits per heavy atom. The van der Waals surface area contributed by atoms with Crippen LogP contribution in [-0.4, -0.2) is 23.6 Å². The van der Waals surface area contributed by atoms with Crippen LogP contribution in [0.1, 0.15) is 18.1 Å². The van der Waals surface area contributed by atoms with Gasteiger partial charge in [0.1, 0.15) is 16.7 Å². The van der Waals surface area contributed by atoms with Crippen LogP contribution < -0.4 is 10.2 Å². The number of carbonyl (C=O) groups excluding carboxylic acids is 2. The minimum atomic E-state index is -0.528. The molecule has 0 aliphatic carbocycles. The molecule has 31 heavy (non-hydrogen) atoms. The molecule has 3 rings (SSSR count). The highest BCUT2D eigenvalue weighted by Gasteiger charge is 2.40. The Kier molecular flexibility index (Phi) is 7.56. The second-order valence-electron chi connectivity index (χ2n) is 6.92. The van der Waals surface area contributed by atoms with Crippen molar-refractivity contribution in [2.45, 2.75) is 25.0 Å². The number of hydrogen-bond donors (Lipinski definition) is 1. The molecule has 1 fully saturated rings. The van der Waals surface area contributed by atoms with Crippen LogP contribution in [0.4, 0.5) is 5.69 Å². The van der Waals surface area contributed by atoms with Gasteiger partial charge in [-0.25, -0.2) is 0 Å². The minimum Gasteiger partial charge on any atom is -0.348 e. The lowest BCUT2D eigenvalue weighted by Crippen LogP contribution is -2.32. The fourth-order valence-corrected chi connectivity index (χ4v) is 4.62. The van der Waals surface area contributed by atoms with Crippen molar-refractivity contribution in [1.29, 1.82) is 5.26 Å². The Morgan fingerprint density at radius 2 is 1.87 bits per heavy atom. The van der Waals surface area contributed by atoms with Crippen LogP contribution in [0.2, 0.25) is 5.02 Å². The largest absolute Gasteiger partial charge is 0.348 e. The van der Waals surface area contributed by atoms with Crippen LogP contribution in [0.3, 0.4) is 0 Å². The van der Waals surface area contributed by atoms with Gasteiger partial charge in [-0.1, -0.05) is 60.6 Å². The number of aryl methyl sites for hydroxylation is 1. The maximum Gasteiger partial charge on any atom is 0.264 e. The average molecular weight is 452 g/mol. The van der Waals surface area contributed by atoms with Gasteiger partial charge in [-0.15, -0.1) is 6.58 Å². The first-order valence-corrected chi connectivity index (χ1v) is 11.1. The SMILES string of the molecule is C=CCNC(=O)/C(C#N)=C1\SC(Cc2ccc(Cl)cc2)C(=O)N1c1ccc(CC)cc1. The molecule has 1 N–H and O–H groups in total. The maximum atomic E-state index is 13.4.